The number of para-hydroxylation sites is 2. The topological polar surface area (TPSA) is 110 Å². The highest BCUT2D eigenvalue weighted by atomic mass is 32.2. The van der Waals surface area contributed by atoms with Crippen molar-refractivity contribution < 1.29 is 31.9 Å². The first kappa shape index (κ1) is 24.7. The van der Waals surface area contributed by atoms with Gasteiger partial charge in [0.2, 0.25) is 5.91 Å². The van der Waals surface area contributed by atoms with E-state index in [9.17, 15) is 27.2 Å². The molecule has 11 heteroatoms. The first-order valence-electron chi connectivity index (χ1n) is 10.1. The van der Waals surface area contributed by atoms with Crippen LogP contribution in [0, 0.1) is 5.82 Å². The number of amides is 2. The van der Waals surface area contributed by atoms with E-state index in [1.54, 1.807) is 36.4 Å². The molecule has 33 heavy (non-hydrogen) atoms. The molecule has 1 aliphatic rings. The molecule has 1 N–H and O–H groups in total. The van der Waals surface area contributed by atoms with Crippen LogP contribution in [0.3, 0.4) is 0 Å². The molecular weight excluding hydrogens is 471 g/mol. The summed E-state index contributed by atoms with van der Waals surface area (Å²) in [6.07, 6.45) is 0.309. The van der Waals surface area contributed by atoms with Crippen molar-refractivity contribution in [1.82, 2.24) is 0 Å². The minimum absolute atomic E-state index is 0.000344. The SMILES string of the molecule is O=C(CSCC(=O)OCC(=O)N(c1ccccc1)C1CCS(=O)(=O)C1)Nc1ccccc1F. The van der Waals surface area contributed by atoms with Crippen LogP contribution in [-0.2, 0) is 29.0 Å². The first-order valence-corrected chi connectivity index (χ1v) is 13.1. The summed E-state index contributed by atoms with van der Waals surface area (Å²) < 4.78 is 42.4. The van der Waals surface area contributed by atoms with E-state index >= 15 is 0 Å². The number of hydrogen-bond donors (Lipinski definition) is 1. The highest BCUT2D eigenvalue weighted by molar-refractivity contribution is 8.00. The zero-order valence-electron chi connectivity index (χ0n) is 17.6. The lowest BCUT2D eigenvalue weighted by atomic mass is 10.2. The maximum absolute atomic E-state index is 13.6. The van der Waals surface area contributed by atoms with E-state index in [0.717, 1.165) is 11.8 Å². The number of hydrogen-bond acceptors (Lipinski definition) is 7. The Morgan fingerprint density at radius 1 is 1.06 bits per heavy atom. The zero-order valence-corrected chi connectivity index (χ0v) is 19.2. The molecule has 1 fully saturated rings. The van der Waals surface area contributed by atoms with Gasteiger partial charge in [-0.3, -0.25) is 14.4 Å². The zero-order chi connectivity index (χ0) is 23.8. The van der Waals surface area contributed by atoms with Gasteiger partial charge in [0.1, 0.15) is 5.82 Å². The van der Waals surface area contributed by atoms with E-state index in [-0.39, 0.29) is 28.7 Å². The van der Waals surface area contributed by atoms with Crippen LogP contribution in [0.2, 0.25) is 0 Å². The van der Waals surface area contributed by atoms with Crippen LogP contribution in [0.1, 0.15) is 6.42 Å². The summed E-state index contributed by atoms with van der Waals surface area (Å²) in [4.78, 5) is 38.1. The van der Waals surface area contributed by atoms with E-state index in [0.29, 0.717) is 12.1 Å². The summed E-state index contributed by atoms with van der Waals surface area (Å²) in [6.45, 7) is -0.549. The van der Waals surface area contributed by atoms with Gasteiger partial charge in [0, 0.05) is 5.69 Å². The maximum Gasteiger partial charge on any atom is 0.316 e. The number of nitrogens with zero attached hydrogens (tertiary/aromatic N) is 1. The molecule has 8 nitrogen and oxygen atoms in total. The van der Waals surface area contributed by atoms with Crippen LogP contribution in [0.15, 0.2) is 54.6 Å². The Balaban J connectivity index is 1.48. The fraction of sp³-hybridized carbons (Fsp3) is 0.318. The van der Waals surface area contributed by atoms with Crippen LogP contribution in [-0.4, -0.2) is 61.9 Å². The second kappa shape index (κ2) is 11.3. The van der Waals surface area contributed by atoms with Crippen molar-refractivity contribution in [3.63, 3.8) is 0 Å². The fourth-order valence-corrected chi connectivity index (χ4v) is 5.66. The third-order valence-corrected chi connectivity index (χ3v) is 7.49. The highest BCUT2D eigenvalue weighted by Crippen LogP contribution is 2.24. The number of nitrogens with one attached hydrogen (secondary N) is 1. The maximum atomic E-state index is 13.6. The quantitative estimate of drug-likeness (QED) is 0.533. The molecule has 1 heterocycles. The lowest BCUT2D eigenvalue weighted by Gasteiger charge is -2.28. The Hall–Kier alpha value is -2.92. The van der Waals surface area contributed by atoms with Crippen molar-refractivity contribution in [3.8, 4) is 0 Å². The van der Waals surface area contributed by atoms with Crippen molar-refractivity contribution in [2.75, 3.05) is 39.8 Å². The number of benzene rings is 2. The number of thioether (sulfide) groups is 1. The largest absolute Gasteiger partial charge is 0.455 e. The number of rotatable bonds is 9. The van der Waals surface area contributed by atoms with Crippen molar-refractivity contribution >= 4 is 50.8 Å². The molecule has 2 amide bonds. The van der Waals surface area contributed by atoms with Gasteiger partial charge in [-0.1, -0.05) is 30.3 Å². The lowest BCUT2D eigenvalue weighted by molar-refractivity contribution is -0.145. The summed E-state index contributed by atoms with van der Waals surface area (Å²) in [5.74, 6) is -2.69. The molecule has 0 radical (unpaired) electrons. The Kier molecular flexibility index (Phi) is 8.45. The number of esters is 1. The van der Waals surface area contributed by atoms with E-state index in [1.807, 2.05) is 0 Å². The van der Waals surface area contributed by atoms with E-state index in [2.05, 4.69) is 5.32 Å². The van der Waals surface area contributed by atoms with Crippen LogP contribution in [0.4, 0.5) is 15.8 Å². The van der Waals surface area contributed by atoms with Gasteiger partial charge in [0.15, 0.2) is 16.4 Å². The van der Waals surface area contributed by atoms with Gasteiger partial charge in [0.05, 0.1) is 34.7 Å². The molecule has 0 bridgehead atoms. The average molecular weight is 495 g/mol. The Bertz CT molecular complexity index is 1110. The number of carbonyl (C=O) groups is 3. The first-order chi connectivity index (χ1) is 15.7. The minimum atomic E-state index is -3.23. The second-order valence-electron chi connectivity index (χ2n) is 7.34. The number of ether oxygens (including phenoxy) is 1. The number of halogens is 1. The summed E-state index contributed by atoms with van der Waals surface area (Å²) >= 11 is 0.963. The minimum Gasteiger partial charge on any atom is -0.455 e. The summed E-state index contributed by atoms with van der Waals surface area (Å²) in [7, 11) is -3.23. The number of carbonyl (C=O) groups excluding carboxylic acids is 3. The molecule has 1 atom stereocenters. The third-order valence-electron chi connectivity index (χ3n) is 4.83. The predicted octanol–water partition coefficient (Wildman–Crippen LogP) is 2.26. The normalized spacial score (nSPS) is 16.7. The van der Waals surface area contributed by atoms with Crippen molar-refractivity contribution in [3.05, 3.63) is 60.4 Å². The molecule has 1 unspecified atom stereocenters. The molecule has 1 aliphatic heterocycles. The smallest absolute Gasteiger partial charge is 0.316 e. The Morgan fingerprint density at radius 2 is 1.76 bits per heavy atom. The molecule has 3 rings (SSSR count). The van der Waals surface area contributed by atoms with Gasteiger partial charge in [-0.25, -0.2) is 12.8 Å². The summed E-state index contributed by atoms with van der Waals surface area (Å²) in [5, 5.41) is 2.41. The third kappa shape index (κ3) is 7.29. The highest BCUT2D eigenvalue weighted by Gasteiger charge is 2.35. The molecular formula is C22H23FN2O6S2. The van der Waals surface area contributed by atoms with E-state index in [1.165, 1.54) is 23.1 Å². The van der Waals surface area contributed by atoms with Gasteiger partial charge in [-0.2, -0.15) is 0 Å². The number of sulfone groups is 1. The molecule has 0 saturated carbocycles. The van der Waals surface area contributed by atoms with Gasteiger partial charge in [-0.15, -0.1) is 11.8 Å². The van der Waals surface area contributed by atoms with Crippen molar-refractivity contribution in [2.45, 2.75) is 12.5 Å². The standard InChI is InChI=1S/C22H23FN2O6S2/c23-18-8-4-5-9-19(18)24-20(26)13-32-14-22(28)31-12-21(27)25(16-6-2-1-3-7-16)17-10-11-33(29,30)15-17/h1-9,17H,10-15H2,(H,24,26). The molecule has 1 saturated heterocycles. The monoisotopic (exact) mass is 494 g/mol. The fourth-order valence-electron chi connectivity index (χ4n) is 3.36. The molecule has 176 valence electrons. The Labute approximate surface area is 195 Å². The van der Waals surface area contributed by atoms with E-state index < -0.39 is 46.1 Å². The summed E-state index contributed by atoms with van der Waals surface area (Å²) in [6, 6.07) is 13.8. The van der Waals surface area contributed by atoms with Gasteiger partial charge in [-0.05, 0) is 30.7 Å². The van der Waals surface area contributed by atoms with Gasteiger partial charge < -0.3 is 15.0 Å². The predicted molar refractivity (Wildman–Crippen MR) is 124 cm³/mol. The molecule has 0 spiro atoms. The molecule has 0 aliphatic carbocycles. The van der Waals surface area contributed by atoms with Crippen LogP contribution in [0.25, 0.3) is 0 Å². The number of anilines is 2. The second-order valence-corrected chi connectivity index (χ2v) is 10.6. The molecule has 2 aromatic carbocycles. The molecule has 2 aromatic rings. The van der Waals surface area contributed by atoms with E-state index in [4.69, 9.17) is 4.74 Å². The molecule has 0 aromatic heterocycles. The summed E-state index contributed by atoms with van der Waals surface area (Å²) in [5.41, 5.74) is 0.575. The van der Waals surface area contributed by atoms with Crippen molar-refractivity contribution in [2.24, 2.45) is 0 Å². The van der Waals surface area contributed by atoms with Crippen molar-refractivity contribution in [1.29, 1.82) is 0 Å². The lowest BCUT2D eigenvalue weighted by Crippen LogP contribution is -2.43. The van der Waals surface area contributed by atoms with Gasteiger partial charge >= 0.3 is 5.97 Å². The van der Waals surface area contributed by atoms with Crippen LogP contribution in [0.5, 0.6) is 0 Å². The van der Waals surface area contributed by atoms with Crippen LogP contribution >= 0.6 is 11.8 Å². The average Bonchev–Trinajstić information content (AvgIpc) is 3.14. The van der Waals surface area contributed by atoms with Gasteiger partial charge in [0.25, 0.3) is 5.91 Å². The van der Waals surface area contributed by atoms with Crippen LogP contribution < -0.4 is 10.2 Å². The Morgan fingerprint density at radius 3 is 2.42 bits per heavy atom.